The molecule has 0 amide bonds. The smallest absolute Gasteiger partial charge is 0.0795 e. The Hall–Kier alpha value is -1.42. The fraction of sp³-hybridized carbons (Fsp3) is 0.583. The summed E-state index contributed by atoms with van der Waals surface area (Å²) in [5.41, 5.74) is 1.90. The second-order valence-corrected chi connectivity index (χ2v) is 7.23. The van der Waals surface area contributed by atoms with Crippen LogP contribution in [0.2, 0.25) is 0 Å². The van der Waals surface area contributed by atoms with Gasteiger partial charge in [-0.3, -0.25) is 0 Å². The summed E-state index contributed by atoms with van der Waals surface area (Å²) < 4.78 is 0. The summed E-state index contributed by atoms with van der Waals surface area (Å²) in [7, 11) is 0. The van der Waals surface area contributed by atoms with Crippen LogP contribution in [0.4, 0.5) is 0 Å². The van der Waals surface area contributed by atoms with Crippen molar-refractivity contribution >= 4 is 6.08 Å². The number of unbranched alkanes of at least 4 members (excludes halogenated alkanes) is 6. The van der Waals surface area contributed by atoms with Crippen molar-refractivity contribution in [1.82, 2.24) is 0 Å². The van der Waals surface area contributed by atoms with Crippen LogP contribution >= 0.6 is 0 Å². The van der Waals surface area contributed by atoms with Crippen molar-refractivity contribution in [2.45, 2.75) is 83.3 Å². The fourth-order valence-corrected chi connectivity index (χ4v) is 3.15. The molecule has 2 unspecified atom stereocenters. The Kier molecular flexibility index (Phi) is 13.7. The molecule has 1 aromatic rings. The van der Waals surface area contributed by atoms with Gasteiger partial charge < -0.3 is 15.3 Å². The average molecular weight is 375 g/mol. The van der Waals surface area contributed by atoms with Crippen LogP contribution in [0.3, 0.4) is 0 Å². The van der Waals surface area contributed by atoms with Gasteiger partial charge in [0.15, 0.2) is 0 Å². The van der Waals surface area contributed by atoms with E-state index in [0.29, 0.717) is 12.8 Å². The molecule has 0 saturated heterocycles. The molecule has 3 nitrogen and oxygen atoms in total. The lowest BCUT2D eigenvalue weighted by Gasteiger charge is -2.13. The topological polar surface area (TPSA) is 60.7 Å². The zero-order chi connectivity index (χ0) is 19.7. The predicted molar refractivity (Wildman–Crippen MR) is 115 cm³/mol. The number of hydrogen-bond donors (Lipinski definition) is 3. The number of hydrogen-bond acceptors (Lipinski definition) is 3. The van der Waals surface area contributed by atoms with Crippen LogP contribution in [-0.4, -0.2) is 28.0 Å². The van der Waals surface area contributed by atoms with Gasteiger partial charge in [0, 0.05) is 6.61 Å². The van der Waals surface area contributed by atoms with Gasteiger partial charge >= 0.3 is 0 Å². The third-order valence-corrected chi connectivity index (χ3v) is 4.81. The maximum absolute atomic E-state index is 10.4. The zero-order valence-electron chi connectivity index (χ0n) is 16.9. The third-order valence-electron chi connectivity index (χ3n) is 4.81. The van der Waals surface area contributed by atoms with Crippen LogP contribution in [0.25, 0.3) is 6.08 Å². The van der Waals surface area contributed by atoms with Crippen molar-refractivity contribution in [2.24, 2.45) is 0 Å². The first-order chi connectivity index (χ1) is 13.2. The quantitative estimate of drug-likeness (QED) is 0.278. The van der Waals surface area contributed by atoms with E-state index in [0.717, 1.165) is 30.4 Å². The maximum atomic E-state index is 10.4. The second kappa shape index (κ2) is 15.6. The van der Waals surface area contributed by atoms with Crippen molar-refractivity contribution in [1.29, 1.82) is 0 Å². The van der Waals surface area contributed by atoms with Gasteiger partial charge in [-0.15, -0.1) is 0 Å². The Morgan fingerprint density at radius 3 is 2.33 bits per heavy atom. The lowest BCUT2D eigenvalue weighted by Crippen LogP contribution is -2.01. The second-order valence-electron chi connectivity index (χ2n) is 7.23. The number of rotatable bonds is 15. The molecular formula is C24H38O3. The number of allylic oxidation sites excluding steroid dienone is 2. The van der Waals surface area contributed by atoms with Gasteiger partial charge in [0.25, 0.3) is 0 Å². The van der Waals surface area contributed by atoms with Gasteiger partial charge in [0.2, 0.25) is 0 Å². The average Bonchev–Trinajstić information content (AvgIpc) is 2.68. The van der Waals surface area contributed by atoms with Crippen molar-refractivity contribution in [3.63, 3.8) is 0 Å². The van der Waals surface area contributed by atoms with E-state index < -0.39 is 6.10 Å². The summed E-state index contributed by atoms with van der Waals surface area (Å²) in [6.45, 7) is 2.39. The highest BCUT2D eigenvalue weighted by Crippen LogP contribution is 2.23. The Morgan fingerprint density at radius 1 is 0.852 bits per heavy atom. The molecule has 152 valence electrons. The van der Waals surface area contributed by atoms with Crippen molar-refractivity contribution < 1.29 is 15.3 Å². The molecule has 2 atom stereocenters. The van der Waals surface area contributed by atoms with Crippen LogP contribution in [0.5, 0.6) is 0 Å². The summed E-state index contributed by atoms with van der Waals surface area (Å²) in [5.74, 6) is 0. The molecule has 27 heavy (non-hydrogen) atoms. The molecule has 0 aliphatic heterocycles. The molecule has 0 bridgehead atoms. The highest BCUT2D eigenvalue weighted by atomic mass is 16.3. The van der Waals surface area contributed by atoms with Gasteiger partial charge in [-0.05, 0) is 36.8 Å². The summed E-state index contributed by atoms with van der Waals surface area (Å²) >= 11 is 0. The fourth-order valence-electron chi connectivity index (χ4n) is 3.15. The molecule has 3 N–H and O–H groups in total. The van der Waals surface area contributed by atoms with Gasteiger partial charge in [-0.1, -0.05) is 94.0 Å². The summed E-state index contributed by atoms with van der Waals surface area (Å²) in [6.07, 6.45) is 17.1. The first-order valence-electron chi connectivity index (χ1n) is 10.6. The van der Waals surface area contributed by atoms with Crippen LogP contribution in [-0.2, 0) is 0 Å². The first-order valence-corrected chi connectivity index (χ1v) is 10.6. The van der Waals surface area contributed by atoms with E-state index in [9.17, 15) is 10.2 Å². The number of benzene rings is 1. The molecule has 0 spiro atoms. The van der Waals surface area contributed by atoms with E-state index in [4.69, 9.17) is 5.11 Å². The largest absolute Gasteiger partial charge is 0.396 e. The molecule has 1 rings (SSSR count). The SMILES string of the molecule is CCCCCCCCC(O)C=CC=Cc1ccccc1C(O)CCCCO. The minimum atomic E-state index is -0.514. The molecule has 0 aliphatic rings. The summed E-state index contributed by atoms with van der Waals surface area (Å²) in [6, 6.07) is 7.82. The van der Waals surface area contributed by atoms with Crippen molar-refractivity contribution in [3.8, 4) is 0 Å². The Morgan fingerprint density at radius 2 is 1.56 bits per heavy atom. The van der Waals surface area contributed by atoms with E-state index >= 15 is 0 Å². The Labute approximate surface area is 165 Å². The molecule has 0 heterocycles. The van der Waals surface area contributed by atoms with E-state index in [1.54, 1.807) is 0 Å². The minimum absolute atomic E-state index is 0.167. The van der Waals surface area contributed by atoms with Gasteiger partial charge in [0.1, 0.15) is 0 Å². The van der Waals surface area contributed by atoms with E-state index in [1.165, 1.54) is 32.1 Å². The predicted octanol–water partition coefficient (Wildman–Crippen LogP) is 5.56. The number of aliphatic hydroxyl groups excluding tert-OH is 3. The molecule has 0 fully saturated rings. The van der Waals surface area contributed by atoms with E-state index in [1.807, 2.05) is 48.6 Å². The Balaban J connectivity index is 2.42. The van der Waals surface area contributed by atoms with E-state index in [2.05, 4.69) is 6.92 Å². The molecule has 0 aliphatic carbocycles. The lowest BCUT2D eigenvalue weighted by molar-refractivity contribution is 0.159. The maximum Gasteiger partial charge on any atom is 0.0795 e. The van der Waals surface area contributed by atoms with Crippen molar-refractivity contribution in [2.75, 3.05) is 6.61 Å². The first kappa shape index (κ1) is 23.6. The normalized spacial score (nSPS) is 14.2. The van der Waals surface area contributed by atoms with Crippen LogP contribution < -0.4 is 0 Å². The van der Waals surface area contributed by atoms with Gasteiger partial charge in [-0.25, -0.2) is 0 Å². The minimum Gasteiger partial charge on any atom is -0.396 e. The summed E-state index contributed by atoms with van der Waals surface area (Å²) in [5, 5.41) is 29.3. The molecule has 0 saturated carbocycles. The van der Waals surface area contributed by atoms with E-state index in [-0.39, 0.29) is 12.7 Å². The van der Waals surface area contributed by atoms with Gasteiger partial charge in [0.05, 0.1) is 12.2 Å². The molecule has 0 radical (unpaired) electrons. The lowest BCUT2D eigenvalue weighted by atomic mass is 9.98. The van der Waals surface area contributed by atoms with Crippen LogP contribution in [0.1, 0.15) is 88.4 Å². The van der Waals surface area contributed by atoms with Crippen molar-refractivity contribution in [3.05, 3.63) is 53.6 Å². The Bertz CT molecular complexity index is 536. The monoisotopic (exact) mass is 374 g/mol. The standard InChI is InChI=1S/C24H38O3/c1-2-3-4-5-6-7-16-22(26)17-10-8-14-21-15-9-11-18-23(21)24(27)19-12-13-20-25/h8-11,14-15,17-18,22,24-27H,2-7,12-13,16,19-20H2,1H3. The highest BCUT2D eigenvalue weighted by Gasteiger charge is 2.09. The van der Waals surface area contributed by atoms with Gasteiger partial charge in [-0.2, -0.15) is 0 Å². The molecular weight excluding hydrogens is 336 g/mol. The molecule has 0 aromatic heterocycles. The molecule has 1 aromatic carbocycles. The van der Waals surface area contributed by atoms with Crippen LogP contribution in [0, 0.1) is 0 Å². The highest BCUT2D eigenvalue weighted by molar-refractivity contribution is 5.55. The number of aliphatic hydroxyl groups is 3. The molecule has 3 heteroatoms. The van der Waals surface area contributed by atoms with Crippen LogP contribution in [0.15, 0.2) is 42.5 Å². The zero-order valence-corrected chi connectivity index (χ0v) is 16.9. The summed E-state index contributed by atoms with van der Waals surface area (Å²) in [4.78, 5) is 0. The third kappa shape index (κ3) is 11.1.